The van der Waals surface area contributed by atoms with E-state index in [1.165, 1.54) is 16.5 Å². The number of anilines is 3. The Bertz CT molecular complexity index is 1170. The zero-order valence-corrected chi connectivity index (χ0v) is 17.2. The van der Waals surface area contributed by atoms with E-state index >= 15 is 0 Å². The highest BCUT2D eigenvalue weighted by molar-refractivity contribution is 5.90. The van der Waals surface area contributed by atoms with Crippen molar-refractivity contribution in [3.05, 3.63) is 54.2 Å². The summed E-state index contributed by atoms with van der Waals surface area (Å²) in [4.78, 5) is 19.7. The number of aromatic nitrogens is 3. The van der Waals surface area contributed by atoms with Gasteiger partial charge in [0.15, 0.2) is 0 Å². The third-order valence-electron chi connectivity index (χ3n) is 5.67. The molecule has 0 atom stereocenters. The van der Waals surface area contributed by atoms with Crippen LogP contribution in [0, 0.1) is 6.92 Å². The van der Waals surface area contributed by atoms with Crippen LogP contribution in [-0.2, 0) is 0 Å². The van der Waals surface area contributed by atoms with Crippen LogP contribution in [0.3, 0.4) is 0 Å². The molecular formula is C23H26N6. The highest BCUT2D eigenvalue weighted by Crippen LogP contribution is 2.29. The van der Waals surface area contributed by atoms with E-state index in [-0.39, 0.29) is 0 Å². The van der Waals surface area contributed by atoms with Crippen molar-refractivity contribution in [1.29, 1.82) is 0 Å². The van der Waals surface area contributed by atoms with Gasteiger partial charge in [0.25, 0.3) is 0 Å². The largest absolute Gasteiger partial charge is 0.368 e. The van der Waals surface area contributed by atoms with Gasteiger partial charge in [0, 0.05) is 51.7 Å². The summed E-state index contributed by atoms with van der Waals surface area (Å²) >= 11 is 0. The van der Waals surface area contributed by atoms with Crippen LogP contribution in [0.1, 0.15) is 5.69 Å². The molecule has 2 aromatic heterocycles. The van der Waals surface area contributed by atoms with E-state index in [4.69, 9.17) is 4.98 Å². The summed E-state index contributed by atoms with van der Waals surface area (Å²) in [7, 11) is 3.97. The number of nitrogens with zero attached hydrogens (tertiary/aromatic N) is 5. The summed E-state index contributed by atoms with van der Waals surface area (Å²) in [6.07, 6.45) is 0. The van der Waals surface area contributed by atoms with E-state index in [0.29, 0.717) is 0 Å². The number of rotatable bonds is 3. The van der Waals surface area contributed by atoms with Crippen LogP contribution >= 0.6 is 0 Å². The minimum absolute atomic E-state index is 0.742. The van der Waals surface area contributed by atoms with E-state index in [2.05, 4.69) is 75.2 Å². The molecule has 2 aromatic carbocycles. The first kappa shape index (κ1) is 17.8. The Morgan fingerprint density at radius 3 is 2.34 bits per heavy atom. The van der Waals surface area contributed by atoms with Crippen molar-refractivity contribution in [2.45, 2.75) is 6.92 Å². The molecule has 0 saturated carbocycles. The third-order valence-corrected chi connectivity index (χ3v) is 5.67. The fraction of sp³-hybridized carbons (Fsp3) is 0.304. The van der Waals surface area contributed by atoms with Gasteiger partial charge in [-0.15, -0.1) is 0 Å². The first-order chi connectivity index (χ1) is 14.1. The molecule has 6 nitrogen and oxygen atoms in total. The van der Waals surface area contributed by atoms with Crippen molar-refractivity contribution in [2.75, 3.05) is 55.0 Å². The molecule has 1 fully saturated rings. The smallest absolute Gasteiger partial charge is 0.228 e. The second-order valence-electron chi connectivity index (χ2n) is 7.96. The number of aromatic amines is 1. The average Bonchev–Trinajstić information content (AvgIpc) is 3.13. The van der Waals surface area contributed by atoms with Crippen LogP contribution in [0.25, 0.3) is 21.8 Å². The lowest BCUT2D eigenvalue weighted by Gasteiger charge is -2.37. The number of fused-ring (bicyclic) bond motifs is 2. The maximum Gasteiger partial charge on any atom is 0.228 e. The molecule has 1 aliphatic heterocycles. The standard InChI is InChI=1S/C23H26N6/c1-16-14-20-21(24-16)25-23(27(2)3)26-22(20)29-12-10-28(11-13-29)19-9-8-17-6-4-5-7-18(17)15-19/h4-9,14-15H,10-13H2,1-3H3,(H,24,25,26). The lowest BCUT2D eigenvalue weighted by atomic mass is 10.1. The molecule has 0 bridgehead atoms. The number of nitrogens with one attached hydrogen (secondary N) is 1. The Kier molecular flexibility index (Phi) is 4.27. The van der Waals surface area contributed by atoms with E-state index < -0.39 is 0 Å². The van der Waals surface area contributed by atoms with Crippen molar-refractivity contribution in [1.82, 2.24) is 15.0 Å². The van der Waals surface area contributed by atoms with Gasteiger partial charge in [0.05, 0.1) is 5.39 Å². The third kappa shape index (κ3) is 3.24. The van der Waals surface area contributed by atoms with Crippen LogP contribution in [-0.4, -0.2) is 55.2 Å². The molecule has 0 unspecified atom stereocenters. The van der Waals surface area contributed by atoms with Gasteiger partial charge in [-0.05, 0) is 35.9 Å². The van der Waals surface area contributed by atoms with E-state index in [0.717, 1.165) is 54.7 Å². The SMILES string of the molecule is Cc1cc2c(N3CCN(c4ccc5ccccc5c4)CC3)nc(N(C)C)nc2[nH]1. The van der Waals surface area contributed by atoms with Gasteiger partial charge in [0.2, 0.25) is 5.95 Å². The summed E-state index contributed by atoms with van der Waals surface area (Å²) in [5.74, 6) is 1.77. The Hall–Kier alpha value is -3.28. The topological polar surface area (TPSA) is 51.3 Å². The normalized spacial score (nSPS) is 14.7. The van der Waals surface area contributed by atoms with Crippen molar-refractivity contribution in [3.63, 3.8) is 0 Å². The maximum absolute atomic E-state index is 4.88. The highest BCUT2D eigenvalue weighted by Gasteiger charge is 2.22. The van der Waals surface area contributed by atoms with Gasteiger partial charge in [-0.2, -0.15) is 9.97 Å². The van der Waals surface area contributed by atoms with Crippen molar-refractivity contribution in [2.24, 2.45) is 0 Å². The van der Waals surface area contributed by atoms with Crippen molar-refractivity contribution >= 4 is 39.3 Å². The van der Waals surface area contributed by atoms with Crippen LogP contribution in [0.2, 0.25) is 0 Å². The zero-order valence-electron chi connectivity index (χ0n) is 17.2. The molecule has 4 aromatic rings. The number of H-pyrrole nitrogens is 1. The van der Waals surface area contributed by atoms with Crippen LogP contribution in [0.4, 0.5) is 17.5 Å². The van der Waals surface area contributed by atoms with Gasteiger partial charge in [0.1, 0.15) is 11.5 Å². The molecule has 0 radical (unpaired) electrons. The number of aryl methyl sites for hydroxylation is 1. The molecule has 1 saturated heterocycles. The first-order valence-electron chi connectivity index (χ1n) is 10.1. The quantitative estimate of drug-likeness (QED) is 0.580. The second-order valence-corrected chi connectivity index (χ2v) is 7.96. The average molecular weight is 387 g/mol. The summed E-state index contributed by atoms with van der Waals surface area (Å²) in [5.41, 5.74) is 3.32. The molecule has 1 N–H and O–H groups in total. The van der Waals surface area contributed by atoms with Gasteiger partial charge in [-0.3, -0.25) is 0 Å². The maximum atomic E-state index is 4.88. The number of piperazine rings is 1. The van der Waals surface area contributed by atoms with Gasteiger partial charge in [-0.25, -0.2) is 0 Å². The molecule has 0 amide bonds. The predicted molar refractivity (Wildman–Crippen MR) is 121 cm³/mol. The zero-order chi connectivity index (χ0) is 20.0. The summed E-state index contributed by atoms with van der Waals surface area (Å²) in [5, 5.41) is 3.69. The molecule has 148 valence electrons. The first-order valence-corrected chi connectivity index (χ1v) is 10.1. The molecule has 6 heteroatoms. The van der Waals surface area contributed by atoms with E-state index in [1.54, 1.807) is 0 Å². The summed E-state index contributed by atoms with van der Waals surface area (Å²) < 4.78 is 0. The van der Waals surface area contributed by atoms with Crippen molar-refractivity contribution < 1.29 is 0 Å². The summed E-state index contributed by atoms with van der Waals surface area (Å²) in [6, 6.07) is 17.5. The molecular weight excluding hydrogens is 360 g/mol. The van der Waals surface area contributed by atoms with Gasteiger partial charge in [-0.1, -0.05) is 30.3 Å². The number of hydrogen-bond acceptors (Lipinski definition) is 5. The van der Waals surface area contributed by atoms with Gasteiger partial charge < -0.3 is 19.7 Å². The Morgan fingerprint density at radius 1 is 0.862 bits per heavy atom. The Morgan fingerprint density at radius 2 is 1.59 bits per heavy atom. The predicted octanol–water partition coefficient (Wildman–Crippen LogP) is 3.81. The highest BCUT2D eigenvalue weighted by atomic mass is 15.3. The minimum Gasteiger partial charge on any atom is -0.368 e. The molecule has 0 aliphatic carbocycles. The second kappa shape index (κ2) is 6.95. The molecule has 29 heavy (non-hydrogen) atoms. The van der Waals surface area contributed by atoms with E-state index in [1.807, 2.05) is 19.0 Å². The van der Waals surface area contributed by atoms with E-state index in [9.17, 15) is 0 Å². The molecule has 0 spiro atoms. The van der Waals surface area contributed by atoms with Crippen LogP contribution in [0.5, 0.6) is 0 Å². The fourth-order valence-corrected chi connectivity index (χ4v) is 4.10. The Labute approximate surface area is 170 Å². The molecule has 3 heterocycles. The van der Waals surface area contributed by atoms with Crippen LogP contribution in [0.15, 0.2) is 48.5 Å². The number of benzene rings is 2. The van der Waals surface area contributed by atoms with Crippen molar-refractivity contribution in [3.8, 4) is 0 Å². The Balaban J connectivity index is 1.41. The lowest BCUT2D eigenvalue weighted by molar-refractivity contribution is 0.649. The van der Waals surface area contributed by atoms with Crippen LogP contribution < -0.4 is 14.7 Å². The monoisotopic (exact) mass is 386 g/mol. The summed E-state index contributed by atoms with van der Waals surface area (Å²) in [6.45, 7) is 5.90. The number of hydrogen-bond donors (Lipinski definition) is 1. The fourth-order valence-electron chi connectivity index (χ4n) is 4.10. The minimum atomic E-state index is 0.742. The molecule has 1 aliphatic rings. The lowest BCUT2D eigenvalue weighted by Crippen LogP contribution is -2.47. The van der Waals surface area contributed by atoms with Gasteiger partial charge >= 0.3 is 0 Å². The molecule has 5 rings (SSSR count).